The van der Waals surface area contributed by atoms with E-state index in [9.17, 15) is 4.79 Å². The number of thioether (sulfide) groups is 1. The van der Waals surface area contributed by atoms with Gasteiger partial charge in [-0.3, -0.25) is 4.79 Å². The van der Waals surface area contributed by atoms with Crippen LogP contribution in [0.5, 0.6) is 0 Å². The van der Waals surface area contributed by atoms with E-state index >= 15 is 0 Å². The first kappa shape index (κ1) is 13.3. The lowest BCUT2D eigenvalue weighted by molar-refractivity contribution is -0.129. The van der Waals surface area contributed by atoms with E-state index in [0.29, 0.717) is 12.3 Å². The van der Waals surface area contributed by atoms with Crippen molar-refractivity contribution in [3.8, 4) is 0 Å². The fraction of sp³-hybridized carbons (Fsp3) is 0.833. The van der Waals surface area contributed by atoms with Crippen LogP contribution in [0.25, 0.3) is 0 Å². The minimum absolute atomic E-state index is 0.422. The molecule has 1 unspecified atom stereocenters. The molecule has 1 atom stereocenters. The third-order valence-electron chi connectivity index (χ3n) is 1.64. The van der Waals surface area contributed by atoms with Gasteiger partial charge in [-0.25, -0.2) is 0 Å². The van der Waals surface area contributed by atoms with Crippen LogP contribution in [0.2, 0.25) is 0 Å². The van der Waals surface area contributed by atoms with Crippen molar-refractivity contribution in [2.24, 2.45) is 0 Å². The summed E-state index contributed by atoms with van der Waals surface area (Å²) in [4.78, 5) is 11.8. The molecule has 0 aromatic rings. The van der Waals surface area contributed by atoms with Gasteiger partial charge in [-0.05, 0) is 0 Å². The monoisotopic (exact) mass is 315 g/mol. The lowest BCUT2D eigenvalue weighted by Crippen LogP contribution is -2.44. The molecular weight excluding hydrogens is 311 g/mol. The Labute approximate surface area is 111 Å². The molecule has 1 fully saturated rings. The normalized spacial score (nSPS) is 23.3. The van der Waals surface area contributed by atoms with Gasteiger partial charge in [-0.2, -0.15) is 0 Å². The number of carbonyl (C=O) groups excluding carboxylic acids is 1. The van der Waals surface area contributed by atoms with Crippen LogP contribution in [-0.4, -0.2) is 37.1 Å². The highest BCUT2D eigenvalue weighted by Crippen LogP contribution is 2.43. The van der Waals surface area contributed by atoms with E-state index in [1.807, 2.05) is 0 Å². The molecule has 14 heavy (non-hydrogen) atoms. The van der Waals surface area contributed by atoms with Gasteiger partial charge in [0.2, 0.25) is 3.79 Å². The summed E-state index contributed by atoms with van der Waals surface area (Å²) in [7, 11) is 0. The van der Waals surface area contributed by atoms with Gasteiger partial charge in [0, 0.05) is 12.3 Å². The molecule has 1 rings (SSSR count). The van der Waals surface area contributed by atoms with Gasteiger partial charge in [0.15, 0.2) is 4.84 Å². The zero-order valence-electron chi connectivity index (χ0n) is 6.72. The number of alkyl halides is 5. The summed E-state index contributed by atoms with van der Waals surface area (Å²) < 4.78 is -1.51. The van der Waals surface area contributed by atoms with E-state index in [4.69, 9.17) is 58.0 Å². The van der Waals surface area contributed by atoms with E-state index in [-0.39, 0.29) is 0 Å². The van der Waals surface area contributed by atoms with Crippen molar-refractivity contribution < 1.29 is 4.79 Å². The number of amides is 1. The largest absolute Gasteiger partial charge is 0.323 e. The molecule has 0 spiro atoms. The predicted molar refractivity (Wildman–Crippen MR) is 63.7 cm³/mol. The minimum Gasteiger partial charge on any atom is -0.323 e. The first-order chi connectivity index (χ1) is 6.34. The second-order valence-corrected chi connectivity index (χ2v) is 7.25. The highest BCUT2D eigenvalue weighted by molar-refractivity contribution is 8.00. The van der Waals surface area contributed by atoms with Crippen molar-refractivity contribution >= 4 is 75.7 Å². The third-order valence-corrected chi connectivity index (χ3v) is 4.36. The molecular formula is C6H6Cl5NOS. The lowest BCUT2D eigenvalue weighted by atomic mass is 10.5. The molecule has 82 valence electrons. The Bertz CT molecular complexity index is 231. The molecule has 1 heterocycles. The van der Waals surface area contributed by atoms with Gasteiger partial charge in [-0.1, -0.05) is 58.0 Å². The van der Waals surface area contributed by atoms with Crippen LogP contribution in [0.3, 0.4) is 0 Å². The molecule has 0 radical (unpaired) electrons. The van der Waals surface area contributed by atoms with E-state index in [0.717, 1.165) is 0 Å². The molecule has 0 saturated carbocycles. The Balaban J connectivity index is 2.74. The average Bonchev–Trinajstić information content (AvgIpc) is 2.48. The van der Waals surface area contributed by atoms with Crippen LogP contribution in [0.1, 0.15) is 0 Å². The summed E-state index contributed by atoms with van der Waals surface area (Å²) >= 11 is 29.5. The fourth-order valence-corrected chi connectivity index (χ4v) is 3.37. The molecule has 0 N–H and O–H groups in total. The first-order valence-electron chi connectivity index (χ1n) is 3.61. The van der Waals surface area contributed by atoms with Crippen LogP contribution in [0.15, 0.2) is 0 Å². The second kappa shape index (κ2) is 5.07. The van der Waals surface area contributed by atoms with Gasteiger partial charge in [0.1, 0.15) is 5.37 Å². The summed E-state index contributed by atoms with van der Waals surface area (Å²) in [6.07, 6.45) is 0. The molecule has 8 heteroatoms. The third kappa shape index (κ3) is 3.13. The number of halogens is 5. The summed E-state index contributed by atoms with van der Waals surface area (Å²) in [6.45, 7) is 0.498. The maximum Gasteiger partial charge on any atom is 0.256 e. The Hall–Kier alpha value is 1.27. The van der Waals surface area contributed by atoms with E-state index in [2.05, 4.69) is 0 Å². The summed E-state index contributed by atoms with van der Waals surface area (Å²) in [5.41, 5.74) is 0. The molecule has 0 aromatic heterocycles. The number of carbonyl (C=O) groups is 1. The molecule has 0 aliphatic carbocycles. The second-order valence-electron chi connectivity index (χ2n) is 2.60. The number of nitrogens with zero attached hydrogens (tertiary/aromatic N) is 1. The topological polar surface area (TPSA) is 20.3 Å². The van der Waals surface area contributed by atoms with E-state index < -0.39 is 19.9 Å². The molecule has 1 saturated heterocycles. The average molecular weight is 317 g/mol. The molecule has 1 aliphatic heterocycles. The first-order valence-corrected chi connectivity index (χ1v) is 6.66. The quantitative estimate of drug-likeness (QED) is 0.693. The van der Waals surface area contributed by atoms with Gasteiger partial charge in [-0.15, -0.1) is 11.8 Å². The minimum atomic E-state index is -1.51. The van der Waals surface area contributed by atoms with Crippen LogP contribution >= 0.6 is 69.8 Å². The number of hydrogen-bond acceptors (Lipinski definition) is 2. The summed E-state index contributed by atoms with van der Waals surface area (Å²) in [5.74, 6) is 0.291. The van der Waals surface area contributed by atoms with Crippen LogP contribution in [-0.2, 0) is 4.79 Å². The maximum absolute atomic E-state index is 11.5. The highest BCUT2D eigenvalue weighted by Gasteiger charge is 2.44. The Kier molecular flexibility index (Phi) is 4.83. The number of rotatable bonds is 1. The van der Waals surface area contributed by atoms with E-state index in [1.165, 1.54) is 16.7 Å². The molecule has 1 aliphatic rings. The van der Waals surface area contributed by atoms with Crippen molar-refractivity contribution in [3.05, 3.63) is 0 Å². The SMILES string of the molecule is O=C(C(Cl)Cl)N1CCSC1C(Cl)(Cl)Cl. The number of hydrogen-bond donors (Lipinski definition) is 0. The predicted octanol–water partition coefficient (Wildman–Crippen LogP) is 3.06. The molecule has 1 amide bonds. The van der Waals surface area contributed by atoms with Crippen molar-refractivity contribution in [1.82, 2.24) is 4.90 Å². The van der Waals surface area contributed by atoms with Crippen molar-refractivity contribution in [1.29, 1.82) is 0 Å². The zero-order chi connectivity index (χ0) is 10.9. The van der Waals surface area contributed by atoms with Gasteiger partial charge >= 0.3 is 0 Å². The molecule has 2 nitrogen and oxygen atoms in total. The Morgan fingerprint density at radius 3 is 2.43 bits per heavy atom. The van der Waals surface area contributed by atoms with E-state index in [1.54, 1.807) is 0 Å². The van der Waals surface area contributed by atoms with Crippen molar-refractivity contribution in [2.75, 3.05) is 12.3 Å². The zero-order valence-corrected chi connectivity index (χ0v) is 11.3. The van der Waals surface area contributed by atoms with Crippen molar-refractivity contribution in [3.63, 3.8) is 0 Å². The Morgan fingerprint density at radius 2 is 2.00 bits per heavy atom. The molecule has 0 aromatic carbocycles. The van der Waals surface area contributed by atoms with Gasteiger partial charge in [0.25, 0.3) is 5.91 Å². The Morgan fingerprint density at radius 1 is 1.43 bits per heavy atom. The van der Waals surface area contributed by atoms with Gasteiger partial charge in [0.05, 0.1) is 0 Å². The van der Waals surface area contributed by atoms with Crippen LogP contribution < -0.4 is 0 Å². The van der Waals surface area contributed by atoms with Crippen LogP contribution in [0.4, 0.5) is 0 Å². The smallest absolute Gasteiger partial charge is 0.256 e. The van der Waals surface area contributed by atoms with Gasteiger partial charge < -0.3 is 4.90 Å². The summed E-state index contributed by atoms with van der Waals surface area (Å²) in [5, 5.41) is -0.514. The van der Waals surface area contributed by atoms with Crippen LogP contribution in [0, 0.1) is 0 Å². The lowest BCUT2D eigenvalue weighted by Gasteiger charge is -2.29. The maximum atomic E-state index is 11.5. The fourth-order valence-electron chi connectivity index (χ4n) is 1.09. The molecule has 0 bridgehead atoms. The summed E-state index contributed by atoms with van der Waals surface area (Å²) in [6, 6.07) is 0. The standard InChI is InChI=1S/C6H6Cl5NOS/c7-3(8)4(13)12-1-2-14-5(12)6(9,10)11/h3,5H,1-2H2. The highest BCUT2D eigenvalue weighted by atomic mass is 35.6. The van der Waals surface area contributed by atoms with Crippen molar-refractivity contribution in [2.45, 2.75) is 14.0 Å².